The summed E-state index contributed by atoms with van der Waals surface area (Å²) in [4.78, 5) is 45.4. The monoisotopic (exact) mass is 716 g/mol. The number of likely N-dealkylation sites (tertiary alicyclic amines) is 3. The molecular weight excluding hydrogens is 668 g/mol. The highest BCUT2D eigenvalue weighted by molar-refractivity contribution is 5.88. The zero-order valence-electron chi connectivity index (χ0n) is 29.5. The Morgan fingerprint density at radius 1 is 0.922 bits per heavy atom. The number of halogens is 4. The van der Waals surface area contributed by atoms with Gasteiger partial charge in [0.25, 0.3) is 5.91 Å². The minimum absolute atomic E-state index is 0.0102. The van der Waals surface area contributed by atoms with Gasteiger partial charge in [-0.05, 0) is 67.0 Å². The number of carbonyl (C=O) groups excluding carboxylic acids is 2. The van der Waals surface area contributed by atoms with Gasteiger partial charge in [-0.25, -0.2) is 4.39 Å². The molecule has 4 aliphatic rings. The smallest absolute Gasteiger partial charge is 0.416 e. The third-order valence-corrected chi connectivity index (χ3v) is 11.9. The number of piperidine rings is 2. The lowest BCUT2D eigenvalue weighted by atomic mass is 9.84. The Hall–Kier alpha value is -3.87. The average molecular weight is 717 g/mol. The Morgan fingerprint density at radius 2 is 1.59 bits per heavy atom. The molecule has 0 unspecified atom stereocenters. The van der Waals surface area contributed by atoms with Gasteiger partial charge in [0.2, 0.25) is 11.6 Å². The second kappa shape index (κ2) is 14.6. The molecule has 2 amide bonds. The van der Waals surface area contributed by atoms with E-state index >= 15 is 4.39 Å². The third kappa shape index (κ3) is 7.41. The molecule has 0 aliphatic carbocycles. The minimum Gasteiger partial charge on any atom is -0.497 e. The van der Waals surface area contributed by atoms with Gasteiger partial charge in [0, 0.05) is 82.8 Å². The maximum atomic E-state index is 17.8. The van der Waals surface area contributed by atoms with Crippen molar-refractivity contribution in [3.8, 4) is 5.75 Å². The summed E-state index contributed by atoms with van der Waals surface area (Å²) in [5, 5.41) is 9.51. The van der Waals surface area contributed by atoms with Crippen LogP contribution in [0.3, 0.4) is 0 Å². The molecule has 51 heavy (non-hydrogen) atoms. The van der Waals surface area contributed by atoms with E-state index in [0.717, 1.165) is 12.1 Å². The van der Waals surface area contributed by atoms with E-state index in [1.165, 1.54) is 6.07 Å². The lowest BCUT2D eigenvalue weighted by Crippen LogP contribution is -2.51. The van der Waals surface area contributed by atoms with Crippen molar-refractivity contribution in [3.05, 3.63) is 59.2 Å². The molecule has 4 saturated heterocycles. The minimum atomic E-state index is -4.57. The first-order valence-corrected chi connectivity index (χ1v) is 18.0. The fraction of sp³-hybridized carbons (Fsp3) is 0.605. The molecule has 1 N–H and O–H groups in total. The summed E-state index contributed by atoms with van der Waals surface area (Å²) in [6.45, 7) is 5.97. The average Bonchev–Trinajstić information content (AvgIpc) is 3.73. The lowest BCUT2D eigenvalue weighted by Gasteiger charge is -2.36. The largest absolute Gasteiger partial charge is 0.497 e. The van der Waals surface area contributed by atoms with Gasteiger partial charge in [0.05, 0.1) is 18.6 Å². The predicted molar refractivity (Wildman–Crippen MR) is 184 cm³/mol. The lowest BCUT2D eigenvalue weighted by molar-refractivity contribution is -0.143. The Kier molecular flexibility index (Phi) is 10.6. The van der Waals surface area contributed by atoms with Gasteiger partial charge in [0.1, 0.15) is 5.75 Å². The number of hydrogen-bond acceptors (Lipinski definition) is 6. The second-order valence-corrected chi connectivity index (χ2v) is 14.7. The van der Waals surface area contributed by atoms with E-state index in [4.69, 9.17) is 4.74 Å². The summed E-state index contributed by atoms with van der Waals surface area (Å²) in [5.74, 6) is -2.63. The highest BCUT2D eigenvalue weighted by Gasteiger charge is 2.57. The van der Waals surface area contributed by atoms with E-state index in [0.29, 0.717) is 87.4 Å². The maximum absolute atomic E-state index is 17.8. The van der Waals surface area contributed by atoms with Crippen LogP contribution in [0.25, 0.3) is 0 Å². The van der Waals surface area contributed by atoms with Crippen LogP contribution in [0, 0.1) is 11.8 Å². The second-order valence-electron chi connectivity index (χ2n) is 14.7. The molecule has 4 aliphatic heterocycles. The van der Waals surface area contributed by atoms with Gasteiger partial charge in [-0.15, -0.1) is 0 Å². The van der Waals surface area contributed by atoms with Crippen molar-refractivity contribution in [2.45, 2.75) is 75.7 Å². The molecule has 4 heterocycles. The van der Waals surface area contributed by atoms with Crippen molar-refractivity contribution in [3.63, 3.8) is 0 Å². The van der Waals surface area contributed by atoms with E-state index in [9.17, 15) is 32.7 Å². The summed E-state index contributed by atoms with van der Waals surface area (Å²) in [5.41, 5.74) is -1.27. The Labute approximate surface area is 296 Å². The first-order chi connectivity index (χ1) is 24.2. The molecule has 13 heteroatoms. The summed E-state index contributed by atoms with van der Waals surface area (Å²) >= 11 is 0. The highest BCUT2D eigenvalue weighted by atomic mass is 19.4. The zero-order chi connectivity index (χ0) is 36.7. The predicted octanol–water partition coefficient (Wildman–Crippen LogP) is 5.79. The number of amides is 2. The molecular formula is C38H48F4N4O5. The van der Waals surface area contributed by atoms with Crippen molar-refractivity contribution in [2.75, 3.05) is 64.4 Å². The van der Waals surface area contributed by atoms with Crippen molar-refractivity contribution >= 4 is 23.5 Å². The number of hydrogen-bond donors (Lipinski definition) is 1. The van der Waals surface area contributed by atoms with Crippen LogP contribution in [0.5, 0.6) is 5.75 Å². The molecule has 9 nitrogen and oxygen atoms in total. The molecule has 0 spiro atoms. The molecule has 0 saturated carbocycles. The fourth-order valence-corrected chi connectivity index (χ4v) is 8.84. The number of carboxylic acid groups (broad SMARTS) is 1. The molecule has 4 fully saturated rings. The SMILES string of the molecule is CC[C@H]1CN(C(=O)[C@]2(F)CN(C3CCN(C(C)=O)CC3)C[C@H]2c2ccc(OC)cc2)C[C@@H]1c1ccc(C(F)(F)F)cc1N1CCC(C(=O)O)CC1. The highest BCUT2D eigenvalue weighted by Crippen LogP contribution is 2.47. The fourth-order valence-electron chi connectivity index (χ4n) is 8.84. The molecule has 0 aromatic heterocycles. The standard InChI is InChI=1S/C38H48F4N4O5/c1-4-25-20-45(21-32(25)31-10-7-28(38(40,41)42)19-34(31)44-15-11-27(12-16-44)35(48)49)36(50)37(39)23-46(29-13-17-43(18-14-29)24(2)47)22-33(37)26-5-8-30(51-3)9-6-26/h5-10,19,25,27,29,32-33H,4,11-18,20-23H2,1-3H3,(H,48,49)/t25-,32-,33-,37-/m0/s1. The number of rotatable bonds is 8. The van der Waals surface area contributed by atoms with E-state index in [1.807, 2.05) is 11.8 Å². The van der Waals surface area contributed by atoms with Gasteiger partial charge < -0.3 is 24.5 Å². The van der Waals surface area contributed by atoms with Gasteiger partial charge in [-0.2, -0.15) is 13.2 Å². The number of ether oxygens (including phenoxy) is 1. The van der Waals surface area contributed by atoms with Crippen LogP contribution < -0.4 is 9.64 Å². The van der Waals surface area contributed by atoms with Crippen molar-refractivity contribution < 1.29 is 41.8 Å². The van der Waals surface area contributed by atoms with Crippen LogP contribution >= 0.6 is 0 Å². The maximum Gasteiger partial charge on any atom is 0.416 e. The summed E-state index contributed by atoms with van der Waals surface area (Å²) in [6, 6.07) is 10.9. The number of benzene rings is 2. The number of nitrogens with zero attached hydrogens (tertiary/aromatic N) is 4. The van der Waals surface area contributed by atoms with Gasteiger partial charge in [-0.1, -0.05) is 31.5 Å². The van der Waals surface area contributed by atoms with Crippen LogP contribution in [0.2, 0.25) is 0 Å². The van der Waals surface area contributed by atoms with E-state index in [2.05, 4.69) is 4.90 Å². The van der Waals surface area contributed by atoms with Crippen LogP contribution in [0.15, 0.2) is 42.5 Å². The third-order valence-electron chi connectivity index (χ3n) is 11.9. The van der Waals surface area contributed by atoms with Crippen LogP contribution in [-0.4, -0.2) is 109 Å². The Balaban J connectivity index is 1.29. The van der Waals surface area contributed by atoms with E-state index in [1.54, 1.807) is 48.1 Å². The topological polar surface area (TPSA) is 93.6 Å². The summed E-state index contributed by atoms with van der Waals surface area (Å²) in [6.07, 6.45) is -1.93. The van der Waals surface area contributed by atoms with Crippen molar-refractivity contribution in [1.29, 1.82) is 0 Å². The summed E-state index contributed by atoms with van der Waals surface area (Å²) < 4.78 is 65.0. The molecule has 2 aromatic carbocycles. The molecule has 0 radical (unpaired) electrons. The first kappa shape index (κ1) is 36.9. The summed E-state index contributed by atoms with van der Waals surface area (Å²) in [7, 11) is 1.55. The number of alkyl halides is 4. The zero-order valence-corrected chi connectivity index (χ0v) is 29.5. The van der Waals surface area contributed by atoms with Crippen molar-refractivity contribution in [2.24, 2.45) is 11.8 Å². The number of methoxy groups -OCH3 is 1. The van der Waals surface area contributed by atoms with E-state index in [-0.39, 0.29) is 43.4 Å². The number of carboxylic acids is 1. The molecule has 2 aromatic rings. The molecule has 6 rings (SSSR count). The molecule has 0 bridgehead atoms. The van der Waals surface area contributed by atoms with Gasteiger partial charge >= 0.3 is 12.1 Å². The Morgan fingerprint density at radius 3 is 2.16 bits per heavy atom. The van der Waals surface area contributed by atoms with Crippen LogP contribution in [-0.2, 0) is 20.6 Å². The first-order valence-electron chi connectivity index (χ1n) is 18.0. The molecule has 4 atom stereocenters. The Bertz CT molecular complexity index is 1590. The van der Waals surface area contributed by atoms with Gasteiger partial charge in [0.15, 0.2) is 0 Å². The quantitative estimate of drug-likeness (QED) is 0.346. The normalized spacial score (nSPS) is 26.9. The number of carbonyl (C=O) groups is 3. The van der Waals surface area contributed by atoms with Crippen LogP contribution in [0.1, 0.15) is 74.5 Å². The molecule has 278 valence electrons. The number of anilines is 1. The number of aliphatic carboxylic acids is 1. The van der Waals surface area contributed by atoms with Crippen LogP contribution in [0.4, 0.5) is 23.2 Å². The van der Waals surface area contributed by atoms with Gasteiger partial charge in [-0.3, -0.25) is 19.3 Å². The van der Waals surface area contributed by atoms with E-state index < -0.39 is 41.1 Å². The van der Waals surface area contributed by atoms with Crippen molar-refractivity contribution in [1.82, 2.24) is 14.7 Å².